The molecule has 4 rings (SSSR count). The fourth-order valence-electron chi connectivity index (χ4n) is 2.60. The number of amides is 1. The minimum absolute atomic E-state index is 0.172. The van der Waals surface area contributed by atoms with Crippen LogP contribution in [0.4, 0.5) is 17.2 Å². The van der Waals surface area contributed by atoms with Crippen LogP contribution in [0.1, 0.15) is 15.9 Å². The molecule has 0 saturated carbocycles. The van der Waals surface area contributed by atoms with Crippen LogP contribution < -0.4 is 20.1 Å². The topological polar surface area (TPSA) is 72.5 Å². The van der Waals surface area contributed by atoms with E-state index in [2.05, 4.69) is 15.6 Å². The summed E-state index contributed by atoms with van der Waals surface area (Å²) in [7, 11) is 0. The zero-order valence-corrected chi connectivity index (χ0v) is 15.2. The first-order chi connectivity index (χ1) is 13.1. The summed E-state index contributed by atoms with van der Waals surface area (Å²) in [6.45, 7) is 2.12. The molecule has 1 aromatic heterocycles. The monoisotopic (exact) mass is 381 g/mol. The van der Waals surface area contributed by atoms with Crippen LogP contribution in [0.15, 0.2) is 54.7 Å². The van der Waals surface area contributed by atoms with Crippen molar-refractivity contribution in [2.24, 2.45) is 0 Å². The van der Waals surface area contributed by atoms with E-state index in [1.165, 1.54) is 0 Å². The third-order valence-electron chi connectivity index (χ3n) is 4.10. The maximum atomic E-state index is 12.4. The van der Waals surface area contributed by atoms with Gasteiger partial charge in [0.25, 0.3) is 5.91 Å². The third kappa shape index (κ3) is 3.80. The number of halogens is 1. The number of ether oxygens (including phenoxy) is 2. The van der Waals surface area contributed by atoms with Crippen molar-refractivity contribution in [3.05, 3.63) is 70.9 Å². The minimum atomic E-state index is -0.249. The average molecular weight is 382 g/mol. The zero-order valence-electron chi connectivity index (χ0n) is 14.5. The fraction of sp³-hybridized carbons (Fsp3) is 0.100. The lowest BCUT2D eigenvalue weighted by atomic mass is 10.2. The van der Waals surface area contributed by atoms with Gasteiger partial charge in [0, 0.05) is 16.3 Å². The molecule has 2 N–H and O–H groups in total. The van der Waals surface area contributed by atoms with E-state index in [-0.39, 0.29) is 12.7 Å². The first-order valence-electron chi connectivity index (χ1n) is 8.29. The molecule has 0 saturated heterocycles. The first-order valence-corrected chi connectivity index (χ1v) is 8.66. The summed E-state index contributed by atoms with van der Waals surface area (Å²) in [6.07, 6.45) is 1.59. The van der Waals surface area contributed by atoms with Crippen LogP contribution >= 0.6 is 11.6 Å². The SMILES string of the molecule is Cc1ccc(Nc2ccc(NC(=O)c3ccc4c(c3)OCO4)cn2)cc1Cl. The maximum absolute atomic E-state index is 12.4. The molecule has 2 heterocycles. The average Bonchev–Trinajstić information content (AvgIpc) is 3.14. The molecule has 0 fully saturated rings. The maximum Gasteiger partial charge on any atom is 0.255 e. The summed E-state index contributed by atoms with van der Waals surface area (Å²) in [5.41, 5.74) is 2.92. The lowest BCUT2D eigenvalue weighted by molar-refractivity contribution is 0.102. The number of fused-ring (bicyclic) bond motifs is 1. The van der Waals surface area contributed by atoms with Crippen LogP contribution in [0.5, 0.6) is 11.5 Å². The summed E-state index contributed by atoms with van der Waals surface area (Å²) < 4.78 is 10.5. The molecule has 1 aliphatic rings. The Labute approximate surface area is 161 Å². The molecule has 7 heteroatoms. The highest BCUT2D eigenvalue weighted by Gasteiger charge is 2.16. The van der Waals surface area contributed by atoms with Crippen molar-refractivity contribution in [1.29, 1.82) is 0 Å². The number of carbonyl (C=O) groups excluding carboxylic acids is 1. The largest absolute Gasteiger partial charge is 0.454 e. The molecule has 0 aliphatic carbocycles. The first kappa shape index (κ1) is 17.2. The standard InChI is InChI=1S/C20H16ClN3O3/c1-12-2-4-14(9-16(12)21)23-19-7-5-15(10-22-19)24-20(25)13-3-6-17-18(8-13)27-11-26-17/h2-10H,11H2,1H3,(H,22,23)(H,24,25). The van der Waals surface area contributed by atoms with Gasteiger partial charge < -0.3 is 20.1 Å². The number of rotatable bonds is 4. The number of pyridine rings is 1. The van der Waals surface area contributed by atoms with Gasteiger partial charge in [-0.15, -0.1) is 0 Å². The van der Waals surface area contributed by atoms with Gasteiger partial charge in [-0.2, -0.15) is 0 Å². The van der Waals surface area contributed by atoms with Crippen LogP contribution in [0.2, 0.25) is 5.02 Å². The van der Waals surface area contributed by atoms with Crippen molar-refractivity contribution >= 4 is 34.7 Å². The minimum Gasteiger partial charge on any atom is -0.454 e. The zero-order chi connectivity index (χ0) is 18.8. The Morgan fingerprint density at radius 1 is 1.04 bits per heavy atom. The molecule has 0 atom stereocenters. The predicted octanol–water partition coefficient (Wildman–Crippen LogP) is 4.77. The van der Waals surface area contributed by atoms with Crippen molar-refractivity contribution in [1.82, 2.24) is 4.98 Å². The molecule has 3 aromatic rings. The second kappa shape index (κ2) is 7.17. The normalized spacial score (nSPS) is 11.9. The van der Waals surface area contributed by atoms with E-state index in [0.717, 1.165) is 11.3 Å². The summed E-state index contributed by atoms with van der Waals surface area (Å²) in [5, 5.41) is 6.67. The van der Waals surface area contributed by atoms with E-state index in [4.69, 9.17) is 21.1 Å². The molecule has 0 bridgehead atoms. The van der Waals surface area contributed by atoms with Crippen LogP contribution in [-0.2, 0) is 0 Å². The third-order valence-corrected chi connectivity index (χ3v) is 4.51. The number of aromatic nitrogens is 1. The van der Waals surface area contributed by atoms with Crippen LogP contribution in [0, 0.1) is 6.92 Å². The Balaban J connectivity index is 1.43. The van der Waals surface area contributed by atoms with Crippen LogP contribution in [0.25, 0.3) is 0 Å². The van der Waals surface area contributed by atoms with Gasteiger partial charge in [-0.3, -0.25) is 4.79 Å². The van der Waals surface area contributed by atoms with Gasteiger partial charge >= 0.3 is 0 Å². The highest BCUT2D eigenvalue weighted by molar-refractivity contribution is 6.31. The van der Waals surface area contributed by atoms with Crippen molar-refractivity contribution in [2.75, 3.05) is 17.4 Å². The lowest BCUT2D eigenvalue weighted by Crippen LogP contribution is -2.12. The van der Waals surface area contributed by atoms with E-state index < -0.39 is 0 Å². The van der Waals surface area contributed by atoms with E-state index in [9.17, 15) is 4.79 Å². The van der Waals surface area contributed by atoms with Crippen LogP contribution in [-0.4, -0.2) is 17.7 Å². The molecular weight excluding hydrogens is 366 g/mol. The second-order valence-corrected chi connectivity index (χ2v) is 6.45. The number of aryl methyl sites for hydroxylation is 1. The molecule has 27 heavy (non-hydrogen) atoms. The molecular formula is C20H16ClN3O3. The molecule has 0 radical (unpaired) electrons. The summed E-state index contributed by atoms with van der Waals surface area (Å²) in [5.74, 6) is 1.61. The number of hydrogen-bond acceptors (Lipinski definition) is 5. The quantitative estimate of drug-likeness (QED) is 0.681. The Bertz CT molecular complexity index is 1010. The Morgan fingerprint density at radius 2 is 1.85 bits per heavy atom. The Morgan fingerprint density at radius 3 is 2.63 bits per heavy atom. The smallest absolute Gasteiger partial charge is 0.255 e. The van der Waals surface area contributed by atoms with E-state index in [0.29, 0.717) is 33.6 Å². The molecule has 2 aromatic carbocycles. The van der Waals surface area contributed by atoms with Crippen molar-refractivity contribution in [2.45, 2.75) is 6.92 Å². The molecule has 0 unspecified atom stereocenters. The Kier molecular flexibility index (Phi) is 4.56. The molecule has 1 aliphatic heterocycles. The molecule has 6 nitrogen and oxygen atoms in total. The number of hydrogen-bond donors (Lipinski definition) is 2. The highest BCUT2D eigenvalue weighted by Crippen LogP contribution is 2.32. The number of benzene rings is 2. The number of anilines is 3. The van der Waals surface area contributed by atoms with E-state index >= 15 is 0 Å². The summed E-state index contributed by atoms with van der Waals surface area (Å²) in [6, 6.07) is 14.3. The lowest BCUT2D eigenvalue weighted by Gasteiger charge is -2.09. The van der Waals surface area contributed by atoms with Crippen LogP contribution in [0.3, 0.4) is 0 Å². The molecule has 136 valence electrons. The van der Waals surface area contributed by atoms with Crippen molar-refractivity contribution in [3.63, 3.8) is 0 Å². The van der Waals surface area contributed by atoms with Gasteiger partial charge in [0.2, 0.25) is 6.79 Å². The van der Waals surface area contributed by atoms with E-state index in [1.807, 2.05) is 25.1 Å². The van der Waals surface area contributed by atoms with E-state index in [1.54, 1.807) is 36.5 Å². The highest BCUT2D eigenvalue weighted by atomic mass is 35.5. The molecule has 0 spiro atoms. The molecule has 1 amide bonds. The van der Waals surface area contributed by atoms with Gasteiger partial charge in [0.05, 0.1) is 11.9 Å². The summed E-state index contributed by atoms with van der Waals surface area (Å²) in [4.78, 5) is 16.7. The number of nitrogens with one attached hydrogen (secondary N) is 2. The fourth-order valence-corrected chi connectivity index (χ4v) is 2.78. The number of nitrogens with zero attached hydrogens (tertiary/aromatic N) is 1. The van der Waals surface area contributed by atoms with Gasteiger partial charge in [-0.25, -0.2) is 4.98 Å². The van der Waals surface area contributed by atoms with Gasteiger partial charge in [0.1, 0.15) is 5.82 Å². The van der Waals surface area contributed by atoms with Gasteiger partial charge in [0.15, 0.2) is 11.5 Å². The predicted molar refractivity (Wildman–Crippen MR) is 104 cm³/mol. The second-order valence-electron chi connectivity index (χ2n) is 6.04. The number of carbonyl (C=O) groups is 1. The van der Waals surface area contributed by atoms with Gasteiger partial charge in [-0.05, 0) is 55.0 Å². The summed E-state index contributed by atoms with van der Waals surface area (Å²) >= 11 is 6.13. The van der Waals surface area contributed by atoms with Crippen molar-refractivity contribution in [3.8, 4) is 11.5 Å². The Hall–Kier alpha value is -3.25. The van der Waals surface area contributed by atoms with Gasteiger partial charge in [-0.1, -0.05) is 17.7 Å². The van der Waals surface area contributed by atoms with Crippen molar-refractivity contribution < 1.29 is 14.3 Å².